The van der Waals surface area contributed by atoms with Gasteiger partial charge in [0.25, 0.3) is 6.43 Å². The van der Waals surface area contributed by atoms with Crippen molar-refractivity contribution in [2.24, 2.45) is 0 Å². The Labute approximate surface area is 93.8 Å². The number of hydrogen-bond acceptors (Lipinski definition) is 3. The Hall–Kier alpha value is -1.22. The fraction of sp³-hybridized carbons (Fsp3) is 0.333. The van der Waals surface area contributed by atoms with Crippen molar-refractivity contribution in [3.8, 4) is 11.8 Å². The van der Waals surface area contributed by atoms with E-state index >= 15 is 0 Å². The summed E-state index contributed by atoms with van der Waals surface area (Å²) in [5.41, 5.74) is 0.102. The maximum atomic E-state index is 12.6. The number of nitrogens with zero attached hydrogens (tertiary/aromatic N) is 2. The zero-order chi connectivity index (χ0) is 11.4. The van der Waals surface area contributed by atoms with Crippen molar-refractivity contribution in [2.75, 3.05) is 7.11 Å². The molecule has 0 aromatic carbocycles. The highest BCUT2D eigenvalue weighted by molar-refractivity contribution is 9.10. The molecule has 6 heteroatoms. The van der Waals surface area contributed by atoms with Crippen molar-refractivity contribution in [3.05, 3.63) is 21.9 Å². The second-order valence-corrected chi connectivity index (χ2v) is 3.41. The molecule has 0 aliphatic rings. The molecular formula is C9H7BrF2N2O. The van der Waals surface area contributed by atoms with Crippen LogP contribution in [0, 0.1) is 11.3 Å². The van der Waals surface area contributed by atoms with Gasteiger partial charge in [-0.3, -0.25) is 0 Å². The van der Waals surface area contributed by atoms with Crippen LogP contribution in [0.3, 0.4) is 0 Å². The van der Waals surface area contributed by atoms with Gasteiger partial charge in [-0.2, -0.15) is 5.26 Å². The van der Waals surface area contributed by atoms with E-state index in [1.807, 2.05) is 6.07 Å². The van der Waals surface area contributed by atoms with E-state index in [9.17, 15) is 8.78 Å². The van der Waals surface area contributed by atoms with Crippen LogP contribution in [0.25, 0.3) is 0 Å². The summed E-state index contributed by atoms with van der Waals surface area (Å²) >= 11 is 2.93. The first kappa shape index (κ1) is 11.9. The average molecular weight is 277 g/mol. The number of hydrogen-bond donors (Lipinski definition) is 0. The second-order valence-electron chi connectivity index (χ2n) is 2.66. The third-order valence-electron chi connectivity index (χ3n) is 1.73. The topological polar surface area (TPSA) is 45.9 Å². The van der Waals surface area contributed by atoms with Crippen molar-refractivity contribution in [1.82, 2.24) is 4.98 Å². The minimum absolute atomic E-state index is 0.0158. The van der Waals surface area contributed by atoms with Crippen LogP contribution in [0.2, 0.25) is 0 Å². The summed E-state index contributed by atoms with van der Waals surface area (Å²) in [6.07, 6.45) is -2.61. The smallest absolute Gasteiger partial charge is 0.270 e. The lowest BCUT2D eigenvalue weighted by molar-refractivity contribution is 0.145. The highest BCUT2D eigenvalue weighted by atomic mass is 79.9. The van der Waals surface area contributed by atoms with Gasteiger partial charge in [-0.1, -0.05) is 0 Å². The molecule has 0 spiro atoms. The molecule has 1 rings (SSSR count). The maximum Gasteiger partial charge on any atom is 0.270 e. The molecule has 3 nitrogen and oxygen atoms in total. The summed E-state index contributed by atoms with van der Waals surface area (Å²) in [5, 5.41) is 8.46. The number of rotatable bonds is 3. The molecule has 0 N–H and O–H groups in total. The summed E-state index contributed by atoms with van der Waals surface area (Å²) in [6.45, 7) is 0. The van der Waals surface area contributed by atoms with E-state index in [1.165, 1.54) is 13.2 Å². The fourth-order valence-electron chi connectivity index (χ4n) is 1.09. The number of halogens is 3. The molecule has 0 radical (unpaired) electrons. The third kappa shape index (κ3) is 2.63. The molecule has 0 aliphatic heterocycles. The normalized spacial score (nSPS) is 10.1. The number of alkyl halides is 2. The summed E-state index contributed by atoms with van der Waals surface area (Å²) < 4.78 is 30.0. The van der Waals surface area contributed by atoms with Crippen LogP contribution < -0.4 is 4.74 Å². The molecule has 0 saturated heterocycles. The van der Waals surface area contributed by atoms with Crippen molar-refractivity contribution >= 4 is 15.9 Å². The molecular weight excluding hydrogens is 270 g/mol. The molecule has 0 amide bonds. The van der Waals surface area contributed by atoms with Crippen LogP contribution >= 0.6 is 15.9 Å². The lowest BCUT2D eigenvalue weighted by Gasteiger charge is -2.10. The number of pyridine rings is 1. The minimum atomic E-state index is -2.67. The monoisotopic (exact) mass is 276 g/mol. The zero-order valence-electron chi connectivity index (χ0n) is 7.80. The Balaban J connectivity index is 3.25. The van der Waals surface area contributed by atoms with Gasteiger partial charge in [0, 0.05) is 6.07 Å². The lowest BCUT2D eigenvalue weighted by Crippen LogP contribution is -1.99. The van der Waals surface area contributed by atoms with Gasteiger partial charge in [-0.15, -0.1) is 0 Å². The second kappa shape index (κ2) is 5.03. The van der Waals surface area contributed by atoms with Crippen molar-refractivity contribution < 1.29 is 13.5 Å². The van der Waals surface area contributed by atoms with E-state index in [0.717, 1.165) is 0 Å². The van der Waals surface area contributed by atoms with Gasteiger partial charge in [0.2, 0.25) is 0 Å². The Bertz CT molecular complexity index is 404. The standard InChI is InChI=1S/C9H7BrF2N2O/c1-15-6-4-5(2-3-13)14-8(10)7(6)9(11)12/h4,9H,2H2,1H3. The SMILES string of the molecule is COc1cc(CC#N)nc(Br)c1C(F)F. The Morgan fingerprint density at radius 2 is 2.33 bits per heavy atom. The molecule has 0 fully saturated rings. The van der Waals surface area contributed by atoms with E-state index < -0.39 is 6.43 Å². The van der Waals surface area contributed by atoms with Crippen LogP contribution in [-0.2, 0) is 6.42 Å². The van der Waals surface area contributed by atoms with Crippen LogP contribution in [0.15, 0.2) is 10.7 Å². The molecule has 0 aliphatic carbocycles. The van der Waals surface area contributed by atoms with Gasteiger partial charge in [-0.25, -0.2) is 13.8 Å². The largest absolute Gasteiger partial charge is 0.496 e. The first-order valence-electron chi connectivity index (χ1n) is 3.98. The third-order valence-corrected chi connectivity index (χ3v) is 2.33. The van der Waals surface area contributed by atoms with Crippen LogP contribution in [0.1, 0.15) is 17.7 Å². The van der Waals surface area contributed by atoms with Crippen molar-refractivity contribution in [2.45, 2.75) is 12.8 Å². The zero-order valence-corrected chi connectivity index (χ0v) is 9.38. The Morgan fingerprint density at radius 1 is 1.67 bits per heavy atom. The van der Waals surface area contributed by atoms with E-state index in [2.05, 4.69) is 20.9 Å². The summed E-state index contributed by atoms with van der Waals surface area (Å²) in [5.74, 6) is 0.0390. The molecule has 0 unspecified atom stereocenters. The predicted molar refractivity (Wildman–Crippen MR) is 52.8 cm³/mol. The molecule has 1 aromatic heterocycles. The van der Waals surface area contributed by atoms with Gasteiger partial charge < -0.3 is 4.74 Å². The average Bonchev–Trinajstić information content (AvgIpc) is 2.16. The first-order valence-corrected chi connectivity index (χ1v) is 4.77. The number of nitriles is 1. The maximum absolute atomic E-state index is 12.6. The van der Waals surface area contributed by atoms with Gasteiger partial charge in [0.05, 0.1) is 30.9 Å². The minimum Gasteiger partial charge on any atom is -0.496 e. The van der Waals surface area contributed by atoms with Gasteiger partial charge >= 0.3 is 0 Å². The highest BCUT2D eigenvalue weighted by Crippen LogP contribution is 2.34. The van der Waals surface area contributed by atoms with Crippen molar-refractivity contribution in [1.29, 1.82) is 5.26 Å². The van der Waals surface area contributed by atoms with Crippen molar-refractivity contribution in [3.63, 3.8) is 0 Å². The molecule has 15 heavy (non-hydrogen) atoms. The van der Waals surface area contributed by atoms with E-state index in [1.54, 1.807) is 0 Å². The molecule has 0 saturated carbocycles. The molecule has 1 aromatic rings. The Morgan fingerprint density at radius 3 is 2.80 bits per heavy atom. The summed E-state index contributed by atoms with van der Waals surface area (Å²) in [7, 11) is 1.30. The van der Waals surface area contributed by atoms with Crippen LogP contribution in [0.5, 0.6) is 5.75 Å². The van der Waals surface area contributed by atoms with E-state index in [-0.39, 0.29) is 22.3 Å². The van der Waals surface area contributed by atoms with Crippen LogP contribution in [-0.4, -0.2) is 12.1 Å². The molecule has 0 atom stereocenters. The highest BCUT2D eigenvalue weighted by Gasteiger charge is 2.20. The molecule has 1 heterocycles. The van der Waals surface area contributed by atoms with E-state index in [0.29, 0.717) is 5.69 Å². The van der Waals surface area contributed by atoms with Gasteiger partial charge in [0.15, 0.2) is 0 Å². The number of aromatic nitrogens is 1. The Kier molecular flexibility index (Phi) is 3.97. The first-order chi connectivity index (χ1) is 7.10. The molecule has 0 bridgehead atoms. The quantitative estimate of drug-likeness (QED) is 0.798. The number of methoxy groups -OCH3 is 1. The van der Waals surface area contributed by atoms with Crippen LogP contribution in [0.4, 0.5) is 8.78 Å². The van der Waals surface area contributed by atoms with Gasteiger partial charge in [0.1, 0.15) is 10.4 Å². The fourth-order valence-corrected chi connectivity index (χ4v) is 1.68. The summed E-state index contributed by atoms with van der Waals surface area (Å²) in [6, 6.07) is 3.23. The lowest BCUT2D eigenvalue weighted by atomic mass is 10.2. The predicted octanol–water partition coefficient (Wildman–Crippen LogP) is 2.86. The number of ether oxygens (including phenoxy) is 1. The van der Waals surface area contributed by atoms with E-state index in [4.69, 9.17) is 10.00 Å². The summed E-state index contributed by atoms with van der Waals surface area (Å²) in [4.78, 5) is 3.83. The van der Waals surface area contributed by atoms with Gasteiger partial charge in [-0.05, 0) is 15.9 Å². The molecule has 80 valence electrons.